The minimum absolute atomic E-state index is 0.0580. The first kappa shape index (κ1) is 57.5. The second kappa shape index (κ2) is 29.9. The van der Waals surface area contributed by atoms with E-state index in [9.17, 15) is 40.4 Å². The van der Waals surface area contributed by atoms with Gasteiger partial charge in [-0.2, -0.15) is 25.3 Å². The second-order valence-electron chi connectivity index (χ2n) is 19.0. The van der Waals surface area contributed by atoms with Crippen molar-refractivity contribution in [1.29, 1.82) is 0 Å². The van der Waals surface area contributed by atoms with Crippen molar-refractivity contribution < 1.29 is 51.4 Å². The lowest BCUT2D eigenvalue weighted by Crippen LogP contribution is -2.62. The van der Waals surface area contributed by atoms with Crippen molar-refractivity contribution in [3.8, 4) is 0 Å². The molecule has 7 amide bonds. The molecule has 4 aromatic carbocycles. The monoisotopic (exact) mass is 1120 g/mol. The van der Waals surface area contributed by atoms with Crippen LogP contribution in [0.1, 0.15) is 48.4 Å². The van der Waals surface area contributed by atoms with Crippen LogP contribution in [0.3, 0.4) is 0 Å². The van der Waals surface area contributed by atoms with E-state index in [2.05, 4.69) is 61.8 Å². The van der Waals surface area contributed by atoms with Crippen LogP contribution in [0.15, 0.2) is 122 Å². The largest absolute Gasteiger partial charge is 0.480 e. The Bertz CT molecular complexity index is 3120. The van der Waals surface area contributed by atoms with Crippen molar-refractivity contribution >= 4 is 94.4 Å². The standard InChI is InChI=1S/C56H69N11O10S2/c1-32(68)48(55(75)65-44(25-34-16-6-3-7-17-34)52(72)66-47(31-79)56(76)77)67-50(70)42(22-12-13-23-57)61-53(73)45(26-35-28-59-40-20-10-8-18-37(35)40)64-54(74)46(27-36-29-60-41-21-11-9-19-38(36)41)63-51(71)43(62-49(69)39(58)30-78)24-33-14-4-2-5-15-33/h2-11,14-21,28-29,32,39,42-48,59-60,68,78-79H,12-13,22-27,30-31,57-58H2,1H3,(H,61,73)(H,62,69)(H,63,71)(H,64,74)(H,65,75)(H,66,72)(H,67,70)(H,76,77)/t32-,39-,42-,43-,44-,45-,46-,47-,48-/m0/s1/i/hD2. The molecule has 79 heavy (non-hydrogen) atoms. The summed E-state index contributed by atoms with van der Waals surface area (Å²) in [6.07, 6.45) is 1.31. The molecule has 0 radical (unpaired) electrons. The van der Waals surface area contributed by atoms with Crippen molar-refractivity contribution in [1.82, 2.24) is 47.2 Å². The highest BCUT2D eigenvalue weighted by Crippen LogP contribution is 2.22. The highest BCUT2D eigenvalue weighted by molar-refractivity contribution is 7.80. The fourth-order valence-electron chi connectivity index (χ4n) is 8.76. The quantitative estimate of drug-likeness (QED) is 0.0223. The van der Waals surface area contributed by atoms with Gasteiger partial charge in [0.15, 0.2) is 2.82 Å². The molecule has 0 spiro atoms. The summed E-state index contributed by atoms with van der Waals surface area (Å²) in [5.74, 6) is -8.65. The highest BCUT2D eigenvalue weighted by atomic mass is 32.1. The van der Waals surface area contributed by atoms with Crippen molar-refractivity contribution in [2.75, 3.05) is 18.1 Å². The Kier molecular flexibility index (Phi) is 21.7. The Balaban J connectivity index is 1.34. The summed E-state index contributed by atoms with van der Waals surface area (Å²) >= 11 is 8.15. The number of aromatic nitrogens is 2. The van der Waals surface area contributed by atoms with Crippen molar-refractivity contribution in [2.45, 2.75) is 106 Å². The minimum Gasteiger partial charge on any atom is -0.480 e. The molecule has 6 aromatic rings. The lowest BCUT2D eigenvalue weighted by molar-refractivity contribution is -0.141. The zero-order chi connectivity index (χ0) is 58.8. The predicted molar refractivity (Wildman–Crippen MR) is 306 cm³/mol. The molecule has 0 fully saturated rings. The van der Waals surface area contributed by atoms with Gasteiger partial charge in [-0.15, -0.1) is 0 Å². The lowest BCUT2D eigenvalue weighted by atomic mass is 10.00. The molecule has 2 aromatic heterocycles. The highest BCUT2D eigenvalue weighted by Gasteiger charge is 2.36. The van der Waals surface area contributed by atoms with E-state index in [-0.39, 0.29) is 61.9 Å². The van der Waals surface area contributed by atoms with E-state index in [0.717, 1.165) is 0 Å². The van der Waals surface area contributed by atoms with E-state index in [4.69, 9.17) is 12.9 Å². The number of benzene rings is 4. The number of carboxylic acid groups (broad SMARTS) is 1. The maximum absolute atomic E-state index is 15.2. The molecule has 15 N–H and O–H groups in total. The van der Waals surface area contributed by atoms with E-state index in [1.807, 2.05) is 12.1 Å². The third-order valence-electron chi connectivity index (χ3n) is 13.1. The number of amides is 7. The van der Waals surface area contributed by atoms with Crippen LogP contribution in [0.2, 0.25) is 2.82 Å². The van der Waals surface area contributed by atoms with E-state index in [0.29, 0.717) is 55.8 Å². The predicted octanol–water partition coefficient (Wildman–Crippen LogP) is 1.09. The molecule has 21 nitrogen and oxygen atoms in total. The van der Waals surface area contributed by atoms with Gasteiger partial charge in [0.25, 0.3) is 0 Å². The number of hydrogen-bond donors (Lipinski definition) is 15. The van der Waals surface area contributed by atoms with Crippen LogP contribution in [0.4, 0.5) is 0 Å². The molecular weight excluding hydrogens is 1050 g/mol. The number of thiol groups is 2. The summed E-state index contributed by atoms with van der Waals surface area (Å²) in [4.78, 5) is 119. The van der Waals surface area contributed by atoms with Gasteiger partial charge in [-0.25, -0.2) is 4.79 Å². The number of hydrogen-bond acceptors (Lipinski definition) is 13. The molecule has 6 rings (SSSR count). The molecule has 420 valence electrons. The van der Waals surface area contributed by atoms with Gasteiger partial charge < -0.3 is 68.9 Å². The van der Waals surface area contributed by atoms with Gasteiger partial charge in [0.1, 0.15) is 42.3 Å². The third kappa shape index (κ3) is 17.4. The van der Waals surface area contributed by atoms with E-state index in [1.54, 1.807) is 109 Å². The van der Waals surface area contributed by atoms with Crippen LogP contribution in [-0.4, -0.2) is 140 Å². The maximum Gasteiger partial charge on any atom is 0.327 e. The summed E-state index contributed by atoms with van der Waals surface area (Å²) < 4.78 is 18.4. The van der Waals surface area contributed by atoms with Crippen LogP contribution in [0.5, 0.6) is 0 Å². The van der Waals surface area contributed by atoms with Crippen LogP contribution >= 0.6 is 25.3 Å². The first-order valence-corrected chi connectivity index (χ1v) is 27.0. The summed E-state index contributed by atoms with van der Waals surface area (Å²) in [5.41, 5.74) is 15.5. The number of para-hydroxylation sites is 2. The number of nitrogens with two attached hydrogens (primary N) is 2. The van der Waals surface area contributed by atoms with Crippen LogP contribution in [0.25, 0.3) is 21.8 Å². The minimum atomic E-state index is -1.90. The number of carboxylic acids is 1. The van der Waals surface area contributed by atoms with Crippen LogP contribution in [0, 0.1) is 0 Å². The fourth-order valence-corrected chi connectivity index (χ4v) is 9.17. The van der Waals surface area contributed by atoms with E-state index < -0.39 is 102 Å². The van der Waals surface area contributed by atoms with Gasteiger partial charge in [-0.1, -0.05) is 97.1 Å². The molecule has 0 saturated carbocycles. The number of aromatic amines is 2. The van der Waals surface area contributed by atoms with Crippen LogP contribution < -0.4 is 48.7 Å². The first-order chi connectivity index (χ1) is 38.8. The van der Waals surface area contributed by atoms with E-state index >= 15 is 9.59 Å². The van der Waals surface area contributed by atoms with Gasteiger partial charge in [0.2, 0.25) is 41.4 Å². The Morgan fingerprint density at radius 1 is 0.532 bits per heavy atom. The number of rotatable bonds is 30. The van der Waals surface area contributed by atoms with Crippen molar-refractivity contribution in [2.24, 2.45) is 11.5 Å². The number of carbonyl (C=O) groups excluding carboxylic acids is 7. The summed E-state index contributed by atoms with van der Waals surface area (Å²) in [5, 5.41) is 35.7. The second-order valence-corrected chi connectivity index (χ2v) is 19.8. The van der Waals surface area contributed by atoms with Crippen LogP contribution in [-0.2, 0) is 64.0 Å². The smallest absolute Gasteiger partial charge is 0.327 e. The lowest BCUT2D eigenvalue weighted by Gasteiger charge is -2.29. The molecule has 0 saturated heterocycles. The Morgan fingerprint density at radius 3 is 1.48 bits per heavy atom. The Labute approximate surface area is 470 Å². The molecule has 23 heteroatoms. The number of aliphatic hydroxyl groups is 1. The Hall–Kier alpha value is -7.70. The van der Waals surface area contributed by atoms with Gasteiger partial charge in [-0.05, 0) is 67.1 Å². The van der Waals surface area contributed by atoms with Crippen molar-refractivity contribution in [3.05, 3.63) is 144 Å². The number of aliphatic hydroxyl groups excluding tert-OH is 1. The average molecular weight is 1120 g/mol. The van der Waals surface area contributed by atoms with Gasteiger partial charge in [0.05, 0.1) is 12.1 Å². The molecule has 0 aliphatic rings. The number of carbonyl (C=O) groups is 8. The van der Waals surface area contributed by atoms with Crippen molar-refractivity contribution in [3.63, 3.8) is 0 Å². The fraction of sp³-hybridized carbons (Fsp3) is 0.357. The molecule has 0 aliphatic carbocycles. The maximum atomic E-state index is 15.2. The number of unbranched alkanes of at least 4 members (excludes halogenated alkanes) is 1. The zero-order valence-corrected chi connectivity index (χ0v) is 45.2. The number of H-pyrrole nitrogens is 2. The number of fused-ring (bicyclic) bond motifs is 2. The summed E-state index contributed by atoms with van der Waals surface area (Å²) in [7, 11) is 0. The SMILES string of the molecule is [2H]N(C(=O)[C@H](Cc1ccccc1)NC(=O)[C@@H](N)CS)[C@@H](Cc1c[nH]c2ccccc12)C(=O)N[C@@H](Cc1c[nH]c2ccccc12)C(=O)N[C@@H](CCCCN)C(=O)N[C@H](C(=O)N([2H])[C@@H](Cc1ccccc1)C(=O)N[C@@H](CS)C(=O)O)[C@H](C)O. The number of aliphatic carboxylic acids is 1. The molecule has 9 atom stereocenters. The van der Waals surface area contributed by atoms with E-state index in [1.165, 1.54) is 6.92 Å². The average Bonchev–Trinajstić information content (AvgIpc) is 4.21. The topological polar surface area (TPSA) is 345 Å². The summed E-state index contributed by atoms with van der Waals surface area (Å²) in [6.45, 7) is 1.37. The zero-order valence-electron chi connectivity index (χ0n) is 45.4. The third-order valence-corrected chi connectivity index (χ3v) is 13.9. The Morgan fingerprint density at radius 2 is 0.962 bits per heavy atom. The van der Waals surface area contributed by atoms with Gasteiger partial charge in [-0.3, -0.25) is 33.6 Å². The molecular formula is C56H69N11O10S2. The van der Waals surface area contributed by atoms with Gasteiger partial charge in [0, 0.05) is 71.4 Å². The molecule has 0 unspecified atom stereocenters. The first-order valence-electron chi connectivity index (χ1n) is 26.7. The normalized spacial score (nSPS) is 15.1. The summed E-state index contributed by atoms with van der Waals surface area (Å²) in [6, 6.07) is 19.1. The molecule has 0 aliphatic heterocycles. The number of nitrogens with one attached hydrogen (secondary N) is 9. The molecule has 0 bridgehead atoms. The van der Waals surface area contributed by atoms with Gasteiger partial charge >= 0.3 is 5.97 Å². The molecule has 2 heterocycles.